The fourth-order valence-electron chi connectivity index (χ4n) is 2.06. The SMILES string of the molecule is Cc1cccc(C(C)(O)c2ccc(C(F)(F)F)nc2Cl)c1. The Balaban J connectivity index is 2.50. The maximum Gasteiger partial charge on any atom is 0.433 e. The van der Waals surface area contributed by atoms with E-state index in [1.54, 1.807) is 18.2 Å². The number of hydrogen-bond donors (Lipinski definition) is 1. The number of aromatic nitrogens is 1. The zero-order chi connectivity index (χ0) is 15.8. The van der Waals surface area contributed by atoms with Crippen LogP contribution in [0.5, 0.6) is 0 Å². The lowest BCUT2D eigenvalue weighted by atomic mass is 9.88. The topological polar surface area (TPSA) is 33.1 Å². The van der Waals surface area contributed by atoms with Crippen molar-refractivity contribution in [3.63, 3.8) is 0 Å². The molecule has 0 spiro atoms. The summed E-state index contributed by atoms with van der Waals surface area (Å²) in [6, 6.07) is 9.00. The maximum atomic E-state index is 12.6. The van der Waals surface area contributed by atoms with Crippen LogP contribution in [-0.4, -0.2) is 10.1 Å². The molecule has 0 saturated carbocycles. The van der Waals surface area contributed by atoms with Crippen LogP contribution in [0.25, 0.3) is 0 Å². The van der Waals surface area contributed by atoms with Crippen LogP contribution in [0.3, 0.4) is 0 Å². The largest absolute Gasteiger partial charge is 0.433 e. The van der Waals surface area contributed by atoms with Gasteiger partial charge in [-0.15, -0.1) is 0 Å². The summed E-state index contributed by atoms with van der Waals surface area (Å²) >= 11 is 5.84. The Morgan fingerprint density at radius 1 is 1.14 bits per heavy atom. The lowest BCUT2D eigenvalue weighted by Crippen LogP contribution is -2.24. The molecular formula is C15H13ClF3NO. The normalized spacial score (nSPS) is 14.8. The molecule has 1 heterocycles. The van der Waals surface area contributed by atoms with Crippen molar-refractivity contribution in [1.82, 2.24) is 4.98 Å². The highest BCUT2D eigenvalue weighted by Crippen LogP contribution is 2.36. The van der Waals surface area contributed by atoms with Gasteiger partial charge in [0.2, 0.25) is 0 Å². The number of alkyl halides is 3. The fraction of sp³-hybridized carbons (Fsp3) is 0.267. The monoisotopic (exact) mass is 315 g/mol. The lowest BCUT2D eigenvalue weighted by molar-refractivity contribution is -0.141. The van der Waals surface area contributed by atoms with Crippen molar-refractivity contribution < 1.29 is 18.3 Å². The molecule has 6 heteroatoms. The third kappa shape index (κ3) is 3.19. The summed E-state index contributed by atoms with van der Waals surface area (Å²) in [7, 11) is 0. The number of aliphatic hydroxyl groups is 1. The quantitative estimate of drug-likeness (QED) is 0.837. The molecule has 1 aromatic heterocycles. The van der Waals surface area contributed by atoms with Crippen molar-refractivity contribution in [3.05, 3.63) is 63.9 Å². The van der Waals surface area contributed by atoms with Gasteiger partial charge in [0.1, 0.15) is 16.4 Å². The Morgan fingerprint density at radius 3 is 2.33 bits per heavy atom. The first-order chi connectivity index (χ1) is 9.62. The first kappa shape index (κ1) is 15.8. The molecule has 21 heavy (non-hydrogen) atoms. The van der Waals surface area contributed by atoms with Crippen LogP contribution >= 0.6 is 11.6 Å². The molecule has 1 unspecified atom stereocenters. The molecule has 2 aromatic rings. The van der Waals surface area contributed by atoms with Crippen LogP contribution in [0.15, 0.2) is 36.4 Å². The van der Waals surface area contributed by atoms with Gasteiger partial charge < -0.3 is 5.11 Å². The fourth-order valence-corrected chi connectivity index (χ4v) is 2.40. The van der Waals surface area contributed by atoms with Crippen molar-refractivity contribution >= 4 is 11.6 Å². The maximum absolute atomic E-state index is 12.6. The highest BCUT2D eigenvalue weighted by molar-refractivity contribution is 6.30. The number of rotatable bonds is 2. The van der Waals surface area contributed by atoms with Crippen LogP contribution in [0.2, 0.25) is 5.15 Å². The van der Waals surface area contributed by atoms with Crippen molar-refractivity contribution in [2.24, 2.45) is 0 Å². The summed E-state index contributed by atoms with van der Waals surface area (Å²) in [5.74, 6) is 0. The van der Waals surface area contributed by atoms with Gasteiger partial charge in [0.25, 0.3) is 0 Å². The zero-order valence-corrected chi connectivity index (χ0v) is 12.1. The molecule has 2 nitrogen and oxygen atoms in total. The van der Waals surface area contributed by atoms with Gasteiger partial charge in [-0.25, -0.2) is 4.98 Å². The van der Waals surface area contributed by atoms with E-state index < -0.39 is 17.5 Å². The Kier molecular flexibility index (Phi) is 4.00. The minimum atomic E-state index is -4.57. The van der Waals surface area contributed by atoms with Crippen LogP contribution in [0.1, 0.15) is 29.3 Å². The highest BCUT2D eigenvalue weighted by Gasteiger charge is 2.35. The van der Waals surface area contributed by atoms with Gasteiger partial charge in [-0.2, -0.15) is 13.2 Å². The molecule has 0 radical (unpaired) electrons. The van der Waals surface area contributed by atoms with Gasteiger partial charge in [-0.3, -0.25) is 0 Å². The molecule has 112 valence electrons. The van der Waals surface area contributed by atoms with Gasteiger partial charge in [-0.1, -0.05) is 47.5 Å². The van der Waals surface area contributed by atoms with E-state index in [1.807, 2.05) is 13.0 Å². The highest BCUT2D eigenvalue weighted by atomic mass is 35.5. The van der Waals surface area contributed by atoms with Gasteiger partial charge >= 0.3 is 6.18 Å². The molecule has 0 saturated heterocycles. The third-order valence-electron chi connectivity index (χ3n) is 3.24. The molecule has 0 aliphatic carbocycles. The summed E-state index contributed by atoms with van der Waals surface area (Å²) < 4.78 is 37.8. The number of pyridine rings is 1. The van der Waals surface area contributed by atoms with E-state index >= 15 is 0 Å². The van der Waals surface area contributed by atoms with Crippen LogP contribution in [0.4, 0.5) is 13.2 Å². The van der Waals surface area contributed by atoms with E-state index in [0.29, 0.717) is 5.56 Å². The summed E-state index contributed by atoms with van der Waals surface area (Å²) in [5, 5.41) is 10.3. The third-order valence-corrected chi connectivity index (χ3v) is 3.53. The molecule has 1 aromatic carbocycles. The van der Waals surface area contributed by atoms with E-state index in [-0.39, 0.29) is 10.7 Å². The molecule has 0 amide bonds. The molecule has 0 bridgehead atoms. The van der Waals surface area contributed by atoms with Gasteiger partial charge in [0, 0.05) is 5.56 Å². The van der Waals surface area contributed by atoms with Gasteiger partial charge in [-0.05, 0) is 25.5 Å². The second-order valence-corrected chi connectivity index (χ2v) is 5.33. The minimum absolute atomic E-state index is 0.128. The molecule has 0 aliphatic heterocycles. The molecule has 1 N–H and O–H groups in total. The van der Waals surface area contributed by atoms with E-state index in [9.17, 15) is 18.3 Å². The Labute approximate surface area is 125 Å². The van der Waals surface area contributed by atoms with Crippen LogP contribution in [-0.2, 0) is 11.8 Å². The molecule has 0 aliphatic rings. The van der Waals surface area contributed by atoms with Gasteiger partial charge in [0.15, 0.2) is 0 Å². The van der Waals surface area contributed by atoms with E-state index in [2.05, 4.69) is 4.98 Å². The van der Waals surface area contributed by atoms with Gasteiger partial charge in [0.05, 0.1) is 0 Å². The standard InChI is InChI=1S/C15H13ClF3NO/c1-9-4-3-5-10(8-9)14(2,21)11-6-7-12(15(17,18)19)20-13(11)16/h3-8,21H,1-2H3. The summed E-state index contributed by atoms with van der Waals surface area (Å²) in [6.07, 6.45) is -4.57. The van der Waals surface area contributed by atoms with Crippen molar-refractivity contribution in [2.45, 2.75) is 25.6 Å². The molecular weight excluding hydrogens is 303 g/mol. The second kappa shape index (κ2) is 5.31. The summed E-state index contributed by atoms with van der Waals surface area (Å²) in [6.45, 7) is 3.32. The number of aryl methyl sites for hydroxylation is 1. The first-order valence-corrected chi connectivity index (χ1v) is 6.54. The molecule has 0 fully saturated rings. The van der Waals surface area contributed by atoms with E-state index in [0.717, 1.165) is 17.7 Å². The van der Waals surface area contributed by atoms with Crippen LogP contribution < -0.4 is 0 Å². The Morgan fingerprint density at radius 2 is 1.81 bits per heavy atom. The molecule has 1 atom stereocenters. The second-order valence-electron chi connectivity index (χ2n) is 4.97. The Hall–Kier alpha value is -1.59. The van der Waals surface area contributed by atoms with Crippen LogP contribution in [0, 0.1) is 6.92 Å². The first-order valence-electron chi connectivity index (χ1n) is 6.16. The number of hydrogen-bond acceptors (Lipinski definition) is 2. The predicted molar refractivity (Wildman–Crippen MR) is 74.1 cm³/mol. The average molecular weight is 316 g/mol. The van der Waals surface area contributed by atoms with Crippen molar-refractivity contribution in [3.8, 4) is 0 Å². The minimum Gasteiger partial charge on any atom is -0.381 e. The number of halogens is 4. The summed E-state index contributed by atoms with van der Waals surface area (Å²) in [5.41, 5.74) is -1.03. The lowest BCUT2D eigenvalue weighted by Gasteiger charge is -2.26. The average Bonchev–Trinajstić information content (AvgIpc) is 2.37. The van der Waals surface area contributed by atoms with Crippen molar-refractivity contribution in [2.75, 3.05) is 0 Å². The number of nitrogens with zero attached hydrogens (tertiary/aromatic N) is 1. The number of benzene rings is 1. The zero-order valence-electron chi connectivity index (χ0n) is 11.4. The smallest absolute Gasteiger partial charge is 0.381 e. The van der Waals surface area contributed by atoms with E-state index in [4.69, 9.17) is 11.6 Å². The predicted octanol–water partition coefficient (Wildman–Crippen LogP) is 4.32. The molecule has 2 rings (SSSR count). The summed E-state index contributed by atoms with van der Waals surface area (Å²) in [4.78, 5) is 3.34. The van der Waals surface area contributed by atoms with Crippen molar-refractivity contribution in [1.29, 1.82) is 0 Å². The van der Waals surface area contributed by atoms with E-state index in [1.165, 1.54) is 6.92 Å². The Bertz CT molecular complexity index is 668.